The third-order valence-electron chi connectivity index (χ3n) is 6.03. The fourth-order valence-electron chi connectivity index (χ4n) is 4.20. The molecule has 0 N–H and O–H groups in total. The van der Waals surface area contributed by atoms with Gasteiger partial charge in [0.25, 0.3) is 11.8 Å². The molecular formula is C28H30N2O4. The summed E-state index contributed by atoms with van der Waals surface area (Å²) in [6, 6.07) is 25.3. The van der Waals surface area contributed by atoms with Gasteiger partial charge in [-0.05, 0) is 35.7 Å². The van der Waals surface area contributed by atoms with E-state index in [0.29, 0.717) is 37.5 Å². The molecule has 1 fully saturated rings. The average Bonchev–Trinajstić information content (AvgIpc) is 3.15. The van der Waals surface area contributed by atoms with Crippen LogP contribution in [0.1, 0.15) is 27.9 Å². The Bertz CT molecular complexity index is 1120. The van der Waals surface area contributed by atoms with Crippen LogP contribution in [-0.4, -0.2) is 61.5 Å². The van der Waals surface area contributed by atoms with Crippen LogP contribution in [-0.2, 0) is 11.2 Å². The number of benzene rings is 3. The molecule has 0 atom stereocenters. The molecule has 2 amide bonds. The van der Waals surface area contributed by atoms with Crippen LogP contribution < -0.4 is 9.47 Å². The molecule has 0 radical (unpaired) electrons. The van der Waals surface area contributed by atoms with Gasteiger partial charge < -0.3 is 19.3 Å². The number of hydrogen-bond donors (Lipinski definition) is 0. The van der Waals surface area contributed by atoms with E-state index in [9.17, 15) is 9.59 Å². The van der Waals surface area contributed by atoms with E-state index in [2.05, 4.69) is 12.1 Å². The molecule has 0 unspecified atom stereocenters. The van der Waals surface area contributed by atoms with E-state index < -0.39 is 0 Å². The van der Waals surface area contributed by atoms with E-state index in [-0.39, 0.29) is 18.4 Å². The summed E-state index contributed by atoms with van der Waals surface area (Å²) in [6.45, 7) is 2.14. The Kier molecular flexibility index (Phi) is 7.81. The predicted octanol–water partition coefficient (Wildman–Crippen LogP) is 4.04. The molecule has 0 saturated carbocycles. The minimum absolute atomic E-state index is 0.0216. The molecule has 1 saturated heterocycles. The Labute approximate surface area is 200 Å². The molecule has 0 aliphatic carbocycles. The van der Waals surface area contributed by atoms with Crippen molar-refractivity contribution in [1.82, 2.24) is 9.80 Å². The first-order chi connectivity index (χ1) is 16.7. The largest absolute Gasteiger partial charge is 0.496 e. The Morgan fingerprint density at radius 1 is 0.765 bits per heavy atom. The monoisotopic (exact) mass is 458 g/mol. The highest BCUT2D eigenvalue weighted by atomic mass is 16.5. The van der Waals surface area contributed by atoms with Gasteiger partial charge in [-0.15, -0.1) is 0 Å². The Morgan fingerprint density at radius 3 is 2.21 bits per heavy atom. The van der Waals surface area contributed by atoms with Crippen LogP contribution in [0.2, 0.25) is 0 Å². The van der Waals surface area contributed by atoms with E-state index in [1.807, 2.05) is 54.6 Å². The SMILES string of the molecule is COc1ccccc1C(=O)N1CCCN(C(=O)COc2ccccc2Cc2ccccc2)CC1. The number of nitrogens with zero attached hydrogens (tertiary/aromatic N) is 2. The molecule has 1 aliphatic rings. The van der Waals surface area contributed by atoms with Gasteiger partial charge in [0.15, 0.2) is 6.61 Å². The van der Waals surface area contributed by atoms with Gasteiger partial charge in [-0.2, -0.15) is 0 Å². The van der Waals surface area contributed by atoms with Crippen molar-refractivity contribution in [1.29, 1.82) is 0 Å². The second-order valence-electron chi connectivity index (χ2n) is 8.29. The number of ether oxygens (including phenoxy) is 2. The lowest BCUT2D eigenvalue weighted by molar-refractivity contribution is -0.133. The molecule has 4 rings (SSSR count). The van der Waals surface area contributed by atoms with Crippen molar-refractivity contribution in [2.24, 2.45) is 0 Å². The molecule has 1 aliphatic heterocycles. The van der Waals surface area contributed by atoms with Gasteiger partial charge in [0.1, 0.15) is 11.5 Å². The van der Waals surface area contributed by atoms with E-state index in [1.165, 1.54) is 5.56 Å². The van der Waals surface area contributed by atoms with Crippen molar-refractivity contribution in [2.75, 3.05) is 39.9 Å². The zero-order valence-corrected chi connectivity index (χ0v) is 19.5. The minimum atomic E-state index is -0.0714. The quantitative estimate of drug-likeness (QED) is 0.536. The second kappa shape index (κ2) is 11.4. The van der Waals surface area contributed by atoms with Crippen molar-refractivity contribution in [2.45, 2.75) is 12.8 Å². The van der Waals surface area contributed by atoms with Crippen LogP contribution in [0.25, 0.3) is 0 Å². The molecule has 3 aromatic carbocycles. The first-order valence-corrected chi connectivity index (χ1v) is 11.6. The minimum Gasteiger partial charge on any atom is -0.496 e. The summed E-state index contributed by atoms with van der Waals surface area (Å²) in [6.07, 6.45) is 1.46. The average molecular weight is 459 g/mol. The van der Waals surface area contributed by atoms with Gasteiger partial charge >= 0.3 is 0 Å². The summed E-state index contributed by atoms with van der Waals surface area (Å²) >= 11 is 0. The van der Waals surface area contributed by atoms with E-state index in [1.54, 1.807) is 29.0 Å². The Morgan fingerprint density at radius 2 is 1.41 bits per heavy atom. The summed E-state index contributed by atoms with van der Waals surface area (Å²) in [5.41, 5.74) is 2.78. The zero-order chi connectivity index (χ0) is 23.8. The third kappa shape index (κ3) is 5.76. The topological polar surface area (TPSA) is 59.1 Å². The van der Waals surface area contributed by atoms with Gasteiger partial charge in [-0.3, -0.25) is 9.59 Å². The van der Waals surface area contributed by atoms with E-state index in [4.69, 9.17) is 9.47 Å². The van der Waals surface area contributed by atoms with Crippen LogP contribution >= 0.6 is 0 Å². The highest BCUT2D eigenvalue weighted by Gasteiger charge is 2.24. The van der Waals surface area contributed by atoms with Gasteiger partial charge in [-0.1, -0.05) is 60.7 Å². The van der Waals surface area contributed by atoms with Crippen molar-refractivity contribution in [3.05, 3.63) is 95.6 Å². The fourth-order valence-corrected chi connectivity index (χ4v) is 4.20. The van der Waals surface area contributed by atoms with Crippen molar-refractivity contribution >= 4 is 11.8 Å². The molecule has 176 valence electrons. The molecule has 6 nitrogen and oxygen atoms in total. The molecule has 0 aromatic heterocycles. The number of carbonyl (C=O) groups is 2. The first kappa shape index (κ1) is 23.4. The summed E-state index contributed by atoms with van der Waals surface area (Å²) in [5, 5.41) is 0. The lowest BCUT2D eigenvalue weighted by Crippen LogP contribution is -2.39. The second-order valence-corrected chi connectivity index (χ2v) is 8.29. The molecule has 0 spiro atoms. The van der Waals surface area contributed by atoms with Crippen molar-refractivity contribution < 1.29 is 19.1 Å². The fraction of sp³-hybridized carbons (Fsp3) is 0.286. The summed E-state index contributed by atoms with van der Waals surface area (Å²) in [4.78, 5) is 29.5. The van der Waals surface area contributed by atoms with Crippen molar-refractivity contribution in [3.63, 3.8) is 0 Å². The highest BCUT2D eigenvalue weighted by Crippen LogP contribution is 2.22. The maximum absolute atomic E-state index is 13.0. The molecule has 1 heterocycles. The molecular weight excluding hydrogens is 428 g/mol. The molecule has 3 aromatic rings. The van der Waals surface area contributed by atoms with Gasteiger partial charge in [0.05, 0.1) is 12.7 Å². The molecule has 6 heteroatoms. The van der Waals surface area contributed by atoms with Crippen LogP contribution in [0.5, 0.6) is 11.5 Å². The summed E-state index contributed by atoms with van der Waals surface area (Å²) in [7, 11) is 1.56. The Hall–Kier alpha value is -3.80. The van der Waals surface area contributed by atoms with Gasteiger partial charge in [0, 0.05) is 32.6 Å². The highest BCUT2D eigenvalue weighted by molar-refractivity contribution is 5.97. The number of rotatable bonds is 7. The maximum atomic E-state index is 13.0. The summed E-state index contributed by atoms with van der Waals surface area (Å²) in [5.74, 6) is 1.15. The smallest absolute Gasteiger partial charge is 0.260 e. The van der Waals surface area contributed by atoms with Crippen molar-refractivity contribution in [3.8, 4) is 11.5 Å². The summed E-state index contributed by atoms with van der Waals surface area (Å²) < 4.78 is 11.3. The van der Waals surface area contributed by atoms with Gasteiger partial charge in [0.2, 0.25) is 0 Å². The number of methoxy groups -OCH3 is 1. The normalized spacial score (nSPS) is 13.8. The van der Waals surface area contributed by atoms with E-state index >= 15 is 0 Å². The van der Waals surface area contributed by atoms with Crippen LogP contribution in [0.3, 0.4) is 0 Å². The van der Waals surface area contributed by atoms with Gasteiger partial charge in [-0.25, -0.2) is 0 Å². The lowest BCUT2D eigenvalue weighted by atomic mass is 10.0. The third-order valence-corrected chi connectivity index (χ3v) is 6.03. The predicted molar refractivity (Wildman–Crippen MR) is 131 cm³/mol. The number of amides is 2. The zero-order valence-electron chi connectivity index (χ0n) is 19.5. The lowest BCUT2D eigenvalue weighted by Gasteiger charge is -2.23. The first-order valence-electron chi connectivity index (χ1n) is 11.6. The molecule has 0 bridgehead atoms. The maximum Gasteiger partial charge on any atom is 0.260 e. The van der Waals surface area contributed by atoms with Crippen LogP contribution in [0.4, 0.5) is 0 Å². The standard InChI is InChI=1S/C28H30N2O4/c1-33-26-15-8-6-13-24(26)28(32)30-17-9-16-29(18-19-30)27(31)21-34-25-14-7-5-12-23(25)20-22-10-3-2-4-11-22/h2-8,10-15H,9,16-21H2,1H3. The van der Waals surface area contributed by atoms with Crippen LogP contribution in [0.15, 0.2) is 78.9 Å². The number of carbonyl (C=O) groups excluding carboxylic acids is 2. The molecule has 34 heavy (non-hydrogen) atoms. The van der Waals surface area contributed by atoms with E-state index in [0.717, 1.165) is 24.2 Å². The van der Waals surface area contributed by atoms with Crippen LogP contribution in [0, 0.1) is 0 Å². The number of para-hydroxylation sites is 2. The number of hydrogen-bond acceptors (Lipinski definition) is 4. The Balaban J connectivity index is 1.34.